The summed E-state index contributed by atoms with van der Waals surface area (Å²) in [6.07, 6.45) is -0.0416. The van der Waals surface area contributed by atoms with Crippen LogP contribution < -0.4 is 11.1 Å². The van der Waals surface area contributed by atoms with Crippen LogP contribution in [0.3, 0.4) is 0 Å². The molecule has 1 rings (SSSR count). The minimum atomic E-state index is -0.681. The van der Waals surface area contributed by atoms with Gasteiger partial charge in [0.15, 0.2) is 0 Å². The second kappa shape index (κ2) is 5.97. The summed E-state index contributed by atoms with van der Waals surface area (Å²) in [5, 5.41) is 13.3. The van der Waals surface area contributed by atoms with E-state index in [4.69, 9.17) is 17.3 Å². The number of hydrogen-bond donors (Lipinski definition) is 2. The first kappa shape index (κ1) is 13.9. The van der Waals surface area contributed by atoms with E-state index in [1.807, 2.05) is 0 Å². The van der Waals surface area contributed by atoms with E-state index in [2.05, 4.69) is 5.32 Å². The molecule has 1 aromatic rings. The molecule has 18 heavy (non-hydrogen) atoms. The molecule has 0 saturated heterocycles. The second-order valence-corrected chi connectivity index (χ2v) is 3.83. The molecule has 0 aliphatic carbocycles. The average molecular weight is 272 g/mol. The number of hydrogen-bond acceptors (Lipinski definition) is 4. The Morgan fingerprint density at radius 2 is 2.11 bits per heavy atom. The maximum atomic E-state index is 11.7. The monoisotopic (exact) mass is 271 g/mol. The number of rotatable bonds is 5. The fourth-order valence-corrected chi connectivity index (χ4v) is 1.42. The molecule has 0 saturated carbocycles. The average Bonchev–Trinajstić information content (AvgIpc) is 2.27. The highest BCUT2D eigenvalue weighted by Crippen LogP contribution is 2.22. The summed E-state index contributed by atoms with van der Waals surface area (Å²) in [6.45, 7) is 0.0117. The topological polar surface area (TPSA) is 115 Å². The van der Waals surface area contributed by atoms with Gasteiger partial charge in [-0.05, 0) is 12.1 Å². The number of primary amides is 1. The van der Waals surface area contributed by atoms with Gasteiger partial charge in [0.25, 0.3) is 11.6 Å². The summed E-state index contributed by atoms with van der Waals surface area (Å²) in [7, 11) is 0. The van der Waals surface area contributed by atoms with E-state index < -0.39 is 16.7 Å². The Kier molecular flexibility index (Phi) is 4.61. The molecule has 1 aromatic carbocycles. The number of carbonyl (C=O) groups excluding carboxylic acids is 2. The van der Waals surface area contributed by atoms with Crippen LogP contribution >= 0.6 is 11.6 Å². The molecule has 0 atom stereocenters. The van der Waals surface area contributed by atoms with E-state index in [-0.39, 0.29) is 29.2 Å². The molecular formula is C10H10ClN3O4. The number of carbonyl (C=O) groups is 2. The van der Waals surface area contributed by atoms with Crippen LogP contribution in [-0.4, -0.2) is 23.3 Å². The molecule has 0 aromatic heterocycles. The van der Waals surface area contributed by atoms with Crippen LogP contribution in [0.15, 0.2) is 18.2 Å². The summed E-state index contributed by atoms with van der Waals surface area (Å²) in [6, 6.07) is 3.66. The third kappa shape index (κ3) is 3.70. The predicted octanol–water partition coefficient (Wildman–Crippen LogP) is 0.853. The van der Waals surface area contributed by atoms with Crippen molar-refractivity contribution in [2.75, 3.05) is 6.54 Å². The molecule has 0 radical (unpaired) electrons. The Morgan fingerprint density at radius 1 is 1.44 bits per heavy atom. The Bertz CT molecular complexity index is 504. The lowest BCUT2D eigenvalue weighted by Gasteiger charge is -2.05. The van der Waals surface area contributed by atoms with Crippen LogP contribution in [0, 0.1) is 10.1 Å². The predicted molar refractivity (Wildman–Crippen MR) is 64.3 cm³/mol. The lowest BCUT2D eigenvalue weighted by molar-refractivity contribution is -0.385. The number of nitrogens with one attached hydrogen (secondary N) is 1. The van der Waals surface area contributed by atoms with Gasteiger partial charge in [0.05, 0.1) is 4.92 Å². The highest BCUT2D eigenvalue weighted by molar-refractivity contribution is 6.31. The van der Waals surface area contributed by atoms with Crippen molar-refractivity contribution in [3.8, 4) is 0 Å². The van der Waals surface area contributed by atoms with E-state index in [1.165, 1.54) is 12.1 Å². The molecule has 0 aliphatic heterocycles. The molecule has 0 aliphatic rings. The zero-order chi connectivity index (χ0) is 13.7. The number of nitro groups is 1. The van der Waals surface area contributed by atoms with Crippen molar-refractivity contribution in [2.24, 2.45) is 5.73 Å². The quantitative estimate of drug-likeness (QED) is 0.610. The summed E-state index contributed by atoms with van der Waals surface area (Å²) < 4.78 is 0. The molecule has 96 valence electrons. The lowest BCUT2D eigenvalue weighted by atomic mass is 10.1. The maximum Gasteiger partial charge on any atom is 0.282 e. The van der Waals surface area contributed by atoms with E-state index in [1.54, 1.807) is 0 Å². The molecule has 3 N–H and O–H groups in total. The molecule has 7 nitrogen and oxygen atoms in total. The van der Waals surface area contributed by atoms with Gasteiger partial charge in [0.1, 0.15) is 5.56 Å². The molecule has 2 amide bonds. The number of nitrogens with two attached hydrogens (primary N) is 1. The van der Waals surface area contributed by atoms with Crippen molar-refractivity contribution in [3.05, 3.63) is 38.9 Å². The smallest absolute Gasteiger partial charge is 0.282 e. The van der Waals surface area contributed by atoms with Crippen molar-refractivity contribution in [2.45, 2.75) is 6.42 Å². The van der Waals surface area contributed by atoms with Gasteiger partial charge in [0, 0.05) is 24.1 Å². The molecule has 0 fully saturated rings. The number of benzene rings is 1. The molecular weight excluding hydrogens is 262 g/mol. The Labute approximate surface area is 107 Å². The zero-order valence-corrected chi connectivity index (χ0v) is 9.94. The summed E-state index contributed by atoms with van der Waals surface area (Å²) >= 11 is 5.67. The fourth-order valence-electron chi connectivity index (χ4n) is 1.24. The summed E-state index contributed by atoms with van der Waals surface area (Å²) in [5.41, 5.74) is 4.39. The van der Waals surface area contributed by atoms with E-state index in [0.29, 0.717) is 0 Å². The largest absolute Gasteiger partial charge is 0.370 e. The first-order chi connectivity index (χ1) is 8.41. The maximum absolute atomic E-state index is 11.7. The highest BCUT2D eigenvalue weighted by atomic mass is 35.5. The third-order valence-corrected chi connectivity index (χ3v) is 2.29. The minimum absolute atomic E-state index is 0.0117. The van der Waals surface area contributed by atoms with Crippen molar-refractivity contribution in [3.63, 3.8) is 0 Å². The summed E-state index contributed by atoms with van der Waals surface area (Å²) in [4.78, 5) is 32.2. The van der Waals surface area contributed by atoms with Crippen molar-refractivity contribution >= 4 is 29.1 Å². The van der Waals surface area contributed by atoms with Gasteiger partial charge >= 0.3 is 0 Å². The lowest BCUT2D eigenvalue weighted by Crippen LogP contribution is -2.28. The minimum Gasteiger partial charge on any atom is -0.370 e. The second-order valence-electron chi connectivity index (χ2n) is 3.39. The van der Waals surface area contributed by atoms with Gasteiger partial charge < -0.3 is 11.1 Å². The first-order valence-electron chi connectivity index (χ1n) is 4.92. The van der Waals surface area contributed by atoms with Gasteiger partial charge in [0.2, 0.25) is 5.91 Å². The standard InChI is InChI=1S/C10H10ClN3O4/c11-6-1-2-8(14(17)18)7(5-6)10(16)13-4-3-9(12)15/h1-2,5H,3-4H2,(H2,12,15)(H,13,16). The SMILES string of the molecule is NC(=O)CCNC(=O)c1cc(Cl)ccc1[N+](=O)[O-]. The molecule has 0 unspecified atom stereocenters. The molecule has 8 heteroatoms. The van der Waals surface area contributed by atoms with Crippen LogP contribution in [0.2, 0.25) is 5.02 Å². The van der Waals surface area contributed by atoms with E-state index >= 15 is 0 Å². The van der Waals surface area contributed by atoms with Gasteiger partial charge in [-0.2, -0.15) is 0 Å². The van der Waals surface area contributed by atoms with Crippen LogP contribution in [0.25, 0.3) is 0 Å². The van der Waals surface area contributed by atoms with Gasteiger partial charge in [-0.15, -0.1) is 0 Å². The number of nitrogens with zero attached hydrogens (tertiary/aromatic N) is 1. The van der Waals surface area contributed by atoms with Gasteiger partial charge in [-0.25, -0.2) is 0 Å². The van der Waals surface area contributed by atoms with Gasteiger partial charge in [-0.3, -0.25) is 19.7 Å². The Morgan fingerprint density at radius 3 is 2.67 bits per heavy atom. The van der Waals surface area contributed by atoms with E-state index in [0.717, 1.165) is 6.07 Å². The molecule has 0 spiro atoms. The Balaban J connectivity index is 2.87. The highest BCUT2D eigenvalue weighted by Gasteiger charge is 2.20. The first-order valence-corrected chi connectivity index (χ1v) is 5.30. The van der Waals surface area contributed by atoms with Crippen LogP contribution in [0.4, 0.5) is 5.69 Å². The van der Waals surface area contributed by atoms with Crippen LogP contribution in [0.5, 0.6) is 0 Å². The normalized spacial score (nSPS) is 9.83. The summed E-state index contributed by atoms with van der Waals surface area (Å²) in [5.74, 6) is -1.25. The zero-order valence-electron chi connectivity index (χ0n) is 9.18. The third-order valence-electron chi connectivity index (χ3n) is 2.06. The van der Waals surface area contributed by atoms with Crippen molar-refractivity contribution in [1.82, 2.24) is 5.32 Å². The molecule has 0 heterocycles. The Hall–Kier alpha value is -2.15. The van der Waals surface area contributed by atoms with Crippen LogP contribution in [-0.2, 0) is 4.79 Å². The van der Waals surface area contributed by atoms with Crippen molar-refractivity contribution < 1.29 is 14.5 Å². The number of halogens is 1. The van der Waals surface area contributed by atoms with E-state index in [9.17, 15) is 19.7 Å². The fraction of sp³-hybridized carbons (Fsp3) is 0.200. The van der Waals surface area contributed by atoms with Gasteiger partial charge in [-0.1, -0.05) is 11.6 Å². The van der Waals surface area contributed by atoms with Crippen molar-refractivity contribution in [1.29, 1.82) is 0 Å². The molecule has 0 bridgehead atoms. The number of amides is 2. The number of nitro benzene ring substituents is 1. The van der Waals surface area contributed by atoms with Crippen LogP contribution in [0.1, 0.15) is 16.8 Å².